The number of aliphatic carboxylic acids is 2. The fraction of sp³-hybridized carbons (Fsp3) is 0.750. The molecule has 0 saturated carbocycles. The minimum Gasteiger partial charge on any atom is -0.480 e. The summed E-state index contributed by atoms with van der Waals surface area (Å²) in [6.07, 6.45) is 0. The number of rotatable bonds is 7. The van der Waals surface area contributed by atoms with Crippen molar-refractivity contribution in [3.63, 3.8) is 0 Å². The maximum atomic E-state index is 11.9. The second-order valence-corrected chi connectivity index (χ2v) is 4.91. The van der Waals surface area contributed by atoms with Crippen LogP contribution in [-0.4, -0.2) is 90.0 Å². The van der Waals surface area contributed by atoms with Crippen molar-refractivity contribution in [1.82, 2.24) is 15.1 Å². The molecule has 0 aromatic carbocycles. The Morgan fingerprint density at radius 3 is 2.19 bits per heavy atom. The Kier molecular flexibility index (Phi) is 6.89. The summed E-state index contributed by atoms with van der Waals surface area (Å²) in [4.78, 5) is 36.1. The molecule has 2 amide bonds. The third-order valence-corrected chi connectivity index (χ3v) is 2.95. The van der Waals surface area contributed by atoms with E-state index in [9.17, 15) is 14.4 Å². The van der Waals surface area contributed by atoms with E-state index in [1.54, 1.807) is 6.92 Å². The van der Waals surface area contributed by atoms with E-state index in [0.717, 1.165) is 18.0 Å². The second-order valence-electron chi connectivity index (χ2n) is 4.91. The lowest BCUT2D eigenvalue weighted by Gasteiger charge is -2.30. The zero-order valence-electron chi connectivity index (χ0n) is 11.9. The van der Waals surface area contributed by atoms with Crippen molar-refractivity contribution in [2.45, 2.75) is 13.0 Å². The predicted octanol–water partition coefficient (Wildman–Crippen LogP) is -1.11. The number of nitrogens with one attached hydrogen (secondary N) is 1. The number of carbonyl (C=O) groups is 3. The van der Waals surface area contributed by atoms with Gasteiger partial charge in [0.25, 0.3) is 0 Å². The van der Waals surface area contributed by atoms with Crippen molar-refractivity contribution in [1.29, 1.82) is 0 Å². The Balaban J connectivity index is 2.46. The highest BCUT2D eigenvalue weighted by Crippen LogP contribution is 1.99. The van der Waals surface area contributed by atoms with E-state index >= 15 is 0 Å². The van der Waals surface area contributed by atoms with Gasteiger partial charge in [0.1, 0.15) is 13.1 Å². The quantitative estimate of drug-likeness (QED) is 0.545. The minimum absolute atomic E-state index is 0.222. The molecule has 1 rings (SSSR count). The zero-order valence-corrected chi connectivity index (χ0v) is 11.9. The number of morpholine rings is 1. The van der Waals surface area contributed by atoms with Crippen molar-refractivity contribution < 1.29 is 29.3 Å². The lowest BCUT2D eigenvalue weighted by atomic mass is 10.3. The summed E-state index contributed by atoms with van der Waals surface area (Å²) >= 11 is 0. The molecular formula is C12H21N3O6. The Hall–Kier alpha value is -1.87. The first kappa shape index (κ1) is 17.2. The normalized spacial score (nSPS) is 17.0. The fourth-order valence-corrected chi connectivity index (χ4v) is 2.04. The van der Waals surface area contributed by atoms with E-state index in [-0.39, 0.29) is 6.04 Å². The van der Waals surface area contributed by atoms with Crippen LogP contribution in [0, 0.1) is 0 Å². The van der Waals surface area contributed by atoms with Crippen LogP contribution >= 0.6 is 0 Å². The molecule has 0 aliphatic carbocycles. The van der Waals surface area contributed by atoms with Crippen molar-refractivity contribution in [3.8, 4) is 0 Å². The van der Waals surface area contributed by atoms with Crippen molar-refractivity contribution in [2.24, 2.45) is 0 Å². The summed E-state index contributed by atoms with van der Waals surface area (Å²) in [6, 6.07) is -0.916. The second kappa shape index (κ2) is 8.42. The number of carboxylic acid groups (broad SMARTS) is 2. The SMILES string of the molecule is CC(CN1CCOCC1)NC(=O)N(CC(=O)O)CC(=O)O. The first-order valence-corrected chi connectivity index (χ1v) is 6.67. The summed E-state index contributed by atoms with van der Waals surface area (Å²) in [5, 5.41) is 20.0. The van der Waals surface area contributed by atoms with E-state index < -0.39 is 31.1 Å². The molecule has 0 aromatic rings. The molecule has 3 N–H and O–H groups in total. The molecule has 9 nitrogen and oxygen atoms in total. The molecule has 1 aliphatic rings. The van der Waals surface area contributed by atoms with Crippen LogP contribution in [0.3, 0.4) is 0 Å². The number of hydrogen-bond acceptors (Lipinski definition) is 5. The maximum Gasteiger partial charge on any atom is 0.323 e. The Bertz CT molecular complexity index is 367. The fourth-order valence-electron chi connectivity index (χ4n) is 2.04. The first-order chi connectivity index (χ1) is 9.88. The molecule has 9 heteroatoms. The lowest BCUT2D eigenvalue weighted by Crippen LogP contribution is -2.51. The molecule has 0 aromatic heterocycles. The van der Waals surface area contributed by atoms with Crippen LogP contribution in [0.2, 0.25) is 0 Å². The molecule has 21 heavy (non-hydrogen) atoms. The van der Waals surface area contributed by atoms with Gasteiger partial charge < -0.3 is 25.2 Å². The summed E-state index contributed by atoms with van der Waals surface area (Å²) in [5.41, 5.74) is 0. The molecule has 1 heterocycles. The standard InChI is InChI=1S/C12H21N3O6/c1-9(6-14-2-4-21-5-3-14)13-12(20)15(7-10(16)17)8-11(18)19/h9H,2-8H2,1H3,(H,13,20)(H,16,17)(H,18,19). The number of hydrogen-bond donors (Lipinski definition) is 3. The predicted molar refractivity (Wildman–Crippen MR) is 72.1 cm³/mol. The maximum absolute atomic E-state index is 11.9. The Morgan fingerprint density at radius 1 is 1.19 bits per heavy atom. The summed E-state index contributed by atoms with van der Waals surface area (Å²) in [6.45, 7) is 3.92. The number of nitrogens with zero attached hydrogens (tertiary/aromatic N) is 2. The van der Waals surface area contributed by atoms with E-state index in [4.69, 9.17) is 14.9 Å². The largest absolute Gasteiger partial charge is 0.480 e. The summed E-state index contributed by atoms with van der Waals surface area (Å²) in [5.74, 6) is -2.51. The van der Waals surface area contributed by atoms with Crippen LogP contribution in [0.1, 0.15) is 6.92 Å². The molecule has 0 spiro atoms. The topological polar surface area (TPSA) is 119 Å². The molecule has 1 aliphatic heterocycles. The van der Waals surface area contributed by atoms with Gasteiger partial charge in [-0.25, -0.2) is 4.79 Å². The van der Waals surface area contributed by atoms with Gasteiger partial charge in [-0.2, -0.15) is 0 Å². The van der Waals surface area contributed by atoms with Gasteiger partial charge in [0.05, 0.1) is 13.2 Å². The average molecular weight is 303 g/mol. The number of urea groups is 1. The smallest absolute Gasteiger partial charge is 0.323 e. The molecular weight excluding hydrogens is 282 g/mol. The van der Waals surface area contributed by atoms with Gasteiger partial charge in [-0.3, -0.25) is 14.5 Å². The van der Waals surface area contributed by atoms with Crippen molar-refractivity contribution in [3.05, 3.63) is 0 Å². The van der Waals surface area contributed by atoms with Crippen LogP contribution in [0.25, 0.3) is 0 Å². The number of carboxylic acids is 2. The van der Waals surface area contributed by atoms with E-state index in [1.807, 2.05) is 0 Å². The minimum atomic E-state index is -1.26. The molecule has 1 saturated heterocycles. The van der Waals surface area contributed by atoms with E-state index in [1.165, 1.54) is 0 Å². The lowest BCUT2D eigenvalue weighted by molar-refractivity contribution is -0.140. The highest BCUT2D eigenvalue weighted by molar-refractivity contribution is 5.84. The van der Waals surface area contributed by atoms with Crippen LogP contribution < -0.4 is 5.32 Å². The molecule has 0 bridgehead atoms. The molecule has 0 radical (unpaired) electrons. The monoisotopic (exact) mass is 303 g/mol. The van der Waals surface area contributed by atoms with Crippen molar-refractivity contribution in [2.75, 3.05) is 45.9 Å². The Morgan fingerprint density at radius 2 is 1.71 bits per heavy atom. The Labute approximate surface area is 122 Å². The third kappa shape index (κ3) is 6.91. The van der Waals surface area contributed by atoms with Crippen LogP contribution in [0.15, 0.2) is 0 Å². The van der Waals surface area contributed by atoms with Crippen LogP contribution in [0.4, 0.5) is 4.79 Å². The third-order valence-electron chi connectivity index (χ3n) is 2.95. The highest BCUT2D eigenvalue weighted by Gasteiger charge is 2.22. The summed E-state index contributed by atoms with van der Waals surface area (Å²) < 4.78 is 5.22. The first-order valence-electron chi connectivity index (χ1n) is 6.67. The molecule has 1 unspecified atom stereocenters. The van der Waals surface area contributed by atoms with Crippen LogP contribution in [-0.2, 0) is 14.3 Å². The van der Waals surface area contributed by atoms with Gasteiger partial charge in [0, 0.05) is 25.7 Å². The molecule has 120 valence electrons. The number of amides is 2. The van der Waals surface area contributed by atoms with E-state index in [2.05, 4.69) is 10.2 Å². The molecule has 1 fully saturated rings. The number of ether oxygens (including phenoxy) is 1. The van der Waals surface area contributed by atoms with Crippen molar-refractivity contribution >= 4 is 18.0 Å². The van der Waals surface area contributed by atoms with Crippen LogP contribution in [0.5, 0.6) is 0 Å². The average Bonchev–Trinajstić information content (AvgIpc) is 2.37. The zero-order chi connectivity index (χ0) is 15.8. The van der Waals surface area contributed by atoms with Gasteiger partial charge in [0.2, 0.25) is 0 Å². The van der Waals surface area contributed by atoms with Gasteiger partial charge in [-0.15, -0.1) is 0 Å². The van der Waals surface area contributed by atoms with Gasteiger partial charge in [0.15, 0.2) is 0 Å². The van der Waals surface area contributed by atoms with Gasteiger partial charge in [-0.05, 0) is 6.92 Å². The van der Waals surface area contributed by atoms with Gasteiger partial charge in [-0.1, -0.05) is 0 Å². The van der Waals surface area contributed by atoms with Gasteiger partial charge >= 0.3 is 18.0 Å². The molecule has 1 atom stereocenters. The highest BCUT2D eigenvalue weighted by atomic mass is 16.5. The number of carbonyl (C=O) groups excluding carboxylic acids is 1. The van der Waals surface area contributed by atoms with E-state index in [0.29, 0.717) is 19.8 Å². The summed E-state index contributed by atoms with van der Waals surface area (Å²) in [7, 11) is 0.